The standard InChI is InChI=1S/C25H16FN3O2S2/c26-17-8-10-18(11-9-17)28-23(30)15-4-3-5-19(12-15)29-24(31)22(33-25(29)32)13-16-14-27-21-7-2-1-6-20(16)21/h1-14,31H,(H,28,30). The molecule has 0 saturated carbocycles. The monoisotopic (exact) mass is 473 g/mol. The van der Waals surface area contributed by atoms with E-state index >= 15 is 0 Å². The van der Waals surface area contributed by atoms with Crippen LogP contribution in [0.25, 0.3) is 17.3 Å². The van der Waals surface area contributed by atoms with Gasteiger partial charge in [-0.15, -0.1) is 11.3 Å². The maximum atomic E-state index is 13.1. The van der Waals surface area contributed by atoms with Crippen LogP contribution in [0.5, 0.6) is 5.88 Å². The van der Waals surface area contributed by atoms with Crippen LogP contribution in [0.15, 0.2) is 77.8 Å². The fourth-order valence-electron chi connectivity index (χ4n) is 3.52. The molecule has 0 atom stereocenters. The van der Waals surface area contributed by atoms with Crippen LogP contribution in [0.3, 0.4) is 0 Å². The van der Waals surface area contributed by atoms with Gasteiger partial charge in [-0.05, 0) is 66.8 Å². The number of amides is 1. The van der Waals surface area contributed by atoms with E-state index in [1.165, 1.54) is 40.2 Å². The number of hydrogen-bond acceptors (Lipinski definition) is 5. The summed E-state index contributed by atoms with van der Waals surface area (Å²) in [5.41, 5.74) is 4.17. The molecule has 0 saturated heterocycles. The second-order valence-electron chi connectivity index (χ2n) is 7.28. The minimum Gasteiger partial charge on any atom is -0.493 e. The Bertz CT molecular complexity index is 1500. The first-order valence-electron chi connectivity index (χ1n) is 9.97. The van der Waals surface area contributed by atoms with E-state index in [2.05, 4.69) is 10.3 Å². The van der Waals surface area contributed by atoms with Crippen LogP contribution >= 0.6 is 23.6 Å². The summed E-state index contributed by atoms with van der Waals surface area (Å²) in [6, 6.07) is 20.1. The highest BCUT2D eigenvalue weighted by molar-refractivity contribution is 7.73. The van der Waals surface area contributed by atoms with Crippen LogP contribution in [0.1, 0.15) is 20.8 Å². The number of carbonyl (C=O) groups is 1. The van der Waals surface area contributed by atoms with Crippen LogP contribution in [-0.2, 0) is 0 Å². The van der Waals surface area contributed by atoms with Crippen LogP contribution in [-0.4, -0.2) is 21.8 Å². The van der Waals surface area contributed by atoms with E-state index in [-0.39, 0.29) is 17.6 Å². The lowest BCUT2D eigenvalue weighted by Crippen LogP contribution is -2.12. The quantitative estimate of drug-likeness (QED) is 0.327. The molecule has 0 unspecified atom stereocenters. The minimum absolute atomic E-state index is 0.00799. The van der Waals surface area contributed by atoms with Gasteiger partial charge in [-0.3, -0.25) is 14.4 Å². The number of fused-ring (bicyclic) bond motifs is 1. The van der Waals surface area contributed by atoms with Gasteiger partial charge in [0.25, 0.3) is 5.91 Å². The fraction of sp³-hybridized carbons (Fsp3) is 0. The van der Waals surface area contributed by atoms with E-state index in [4.69, 9.17) is 12.2 Å². The van der Waals surface area contributed by atoms with Crippen LogP contribution in [0.2, 0.25) is 0 Å². The van der Waals surface area contributed by atoms with Crippen molar-refractivity contribution in [2.24, 2.45) is 4.99 Å². The van der Waals surface area contributed by atoms with Gasteiger partial charge in [0.1, 0.15) is 5.82 Å². The number of para-hydroxylation sites is 1. The van der Waals surface area contributed by atoms with Crippen molar-refractivity contribution in [3.8, 4) is 11.6 Å². The number of rotatable bonds is 4. The molecule has 0 radical (unpaired) electrons. The van der Waals surface area contributed by atoms with E-state index in [0.29, 0.717) is 25.8 Å². The van der Waals surface area contributed by atoms with Crippen molar-refractivity contribution in [2.45, 2.75) is 0 Å². The molecule has 162 valence electrons. The largest absolute Gasteiger partial charge is 0.493 e. The number of carbonyl (C=O) groups excluding carboxylic acids is 1. The second kappa shape index (κ2) is 8.57. The average molecular weight is 474 g/mol. The number of benzene rings is 3. The fourth-order valence-corrected chi connectivity index (χ4v) is 4.82. The van der Waals surface area contributed by atoms with Crippen molar-refractivity contribution in [3.63, 3.8) is 0 Å². The van der Waals surface area contributed by atoms with Gasteiger partial charge in [-0.25, -0.2) is 4.39 Å². The first-order chi connectivity index (χ1) is 16.0. The highest BCUT2D eigenvalue weighted by Gasteiger charge is 2.17. The minimum atomic E-state index is -0.379. The Morgan fingerprint density at radius 1 is 1.09 bits per heavy atom. The van der Waals surface area contributed by atoms with E-state index in [1.807, 2.05) is 30.3 Å². The molecular weight excluding hydrogens is 457 g/mol. The van der Waals surface area contributed by atoms with E-state index in [0.717, 1.165) is 16.8 Å². The summed E-state index contributed by atoms with van der Waals surface area (Å²) in [6.45, 7) is 0. The normalized spacial score (nSPS) is 13.3. The topological polar surface area (TPSA) is 66.6 Å². The third-order valence-electron chi connectivity index (χ3n) is 5.13. The zero-order chi connectivity index (χ0) is 22.9. The highest BCUT2D eigenvalue weighted by atomic mass is 32.1. The first kappa shape index (κ1) is 21.0. The molecule has 0 fully saturated rings. The Labute approximate surface area is 197 Å². The van der Waals surface area contributed by atoms with Gasteiger partial charge >= 0.3 is 0 Å². The van der Waals surface area contributed by atoms with E-state index < -0.39 is 0 Å². The lowest BCUT2D eigenvalue weighted by Gasteiger charge is -2.09. The molecule has 33 heavy (non-hydrogen) atoms. The van der Waals surface area contributed by atoms with E-state index in [9.17, 15) is 14.3 Å². The van der Waals surface area contributed by atoms with Gasteiger partial charge < -0.3 is 10.4 Å². The number of nitrogens with zero attached hydrogens (tertiary/aromatic N) is 2. The van der Waals surface area contributed by atoms with Crippen LogP contribution < -0.4 is 5.32 Å². The Balaban J connectivity index is 1.46. The number of aromatic nitrogens is 1. The van der Waals surface area contributed by atoms with Gasteiger partial charge in [0.05, 0.1) is 16.3 Å². The number of allylic oxidation sites excluding steroid dienone is 1. The molecule has 8 heteroatoms. The predicted molar refractivity (Wildman–Crippen MR) is 133 cm³/mol. The molecule has 2 heterocycles. The molecule has 1 amide bonds. The van der Waals surface area contributed by atoms with Crippen molar-refractivity contribution in [1.82, 2.24) is 4.57 Å². The number of thiazole rings is 1. The molecule has 0 bridgehead atoms. The van der Waals surface area contributed by atoms with Gasteiger partial charge in [0, 0.05) is 28.6 Å². The van der Waals surface area contributed by atoms with Gasteiger partial charge in [0.2, 0.25) is 5.88 Å². The summed E-state index contributed by atoms with van der Waals surface area (Å²) in [7, 11) is 0. The molecule has 0 spiro atoms. The molecule has 1 aliphatic heterocycles. The lowest BCUT2D eigenvalue weighted by molar-refractivity contribution is 0.102. The van der Waals surface area contributed by atoms with Gasteiger partial charge in [-0.1, -0.05) is 24.3 Å². The van der Waals surface area contributed by atoms with Crippen molar-refractivity contribution in [3.05, 3.63) is 98.6 Å². The smallest absolute Gasteiger partial charge is 0.255 e. The molecule has 2 N–H and O–H groups in total. The number of aromatic hydroxyl groups is 1. The number of halogens is 1. The lowest BCUT2D eigenvalue weighted by atomic mass is 10.1. The van der Waals surface area contributed by atoms with E-state index in [1.54, 1.807) is 30.5 Å². The summed E-state index contributed by atoms with van der Waals surface area (Å²) in [4.78, 5) is 17.7. The third kappa shape index (κ3) is 4.13. The first-order valence-corrected chi connectivity index (χ1v) is 11.2. The molecule has 0 aliphatic carbocycles. The maximum absolute atomic E-state index is 13.1. The summed E-state index contributed by atoms with van der Waals surface area (Å²) >= 11 is 6.78. The summed E-state index contributed by atoms with van der Waals surface area (Å²) in [5, 5.41) is 13.7. The molecule has 5 nitrogen and oxygen atoms in total. The summed E-state index contributed by atoms with van der Waals surface area (Å²) in [6.07, 6.45) is 3.62. The van der Waals surface area contributed by atoms with Crippen molar-refractivity contribution in [1.29, 1.82) is 0 Å². The van der Waals surface area contributed by atoms with Crippen molar-refractivity contribution >= 4 is 58.7 Å². The molecule has 3 aromatic carbocycles. The molecule has 1 aliphatic rings. The highest BCUT2D eigenvalue weighted by Crippen LogP contribution is 2.37. The second-order valence-corrected chi connectivity index (χ2v) is 8.95. The molecule has 4 aromatic rings. The molecular formula is C25H16FN3O2S2. The summed E-state index contributed by atoms with van der Waals surface area (Å²) in [5.74, 6) is -0.743. The number of aliphatic imine (C=N–C) groups is 1. The Morgan fingerprint density at radius 2 is 1.88 bits per heavy atom. The Kier molecular flexibility index (Phi) is 5.45. The predicted octanol–water partition coefficient (Wildman–Crippen LogP) is 6.62. The van der Waals surface area contributed by atoms with Crippen LogP contribution in [0.4, 0.5) is 15.8 Å². The number of anilines is 1. The molecule has 5 rings (SSSR count). The van der Waals surface area contributed by atoms with Gasteiger partial charge in [-0.2, -0.15) is 0 Å². The summed E-state index contributed by atoms with van der Waals surface area (Å²) < 4.78 is 15.1. The Hall–Kier alpha value is -3.88. The van der Waals surface area contributed by atoms with Crippen molar-refractivity contribution in [2.75, 3.05) is 5.32 Å². The Morgan fingerprint density at radius 3 is 2.70 bits per heavy atom. The zero-order valence-electron chi connectivity index (χ0n) is 17.0. The zero-order valence-corrected chi connectivity index (χ0v) is 18.7. The SMILES string of the molecule is O=C(Nc1ccc(F)cc1)c1cccc(-n2c(O)c(C=C3C=Nc4ccccc43)sc2=S)c1. The van der Waals surface area contributed by atoms with Crippen LogP contribution in [0, 0.1) is 9.77 Å². The number of hydrogen-bond donors (Lipinski definition) is 2. The average Bonchev–Trinajstić information content (AvgIpc) is 3.35. The van der Waals surface area contributed by atoms with Crippen molar-refractivity contribution < 1.29 is 14.3 Å². The van der Waals surface area contributed by atoms with Gasteiger partial charge in [0.15, 0.2) is 3.95 Å². The maximum Gasteiger partial charge on any atom is 0.255 e. The molecule has 1 aromatic heterocycles. The number of nitrogens with one attached hydrogen (secondary N) is 1. The third-order valence-corrected chi connectivity index (χ3v) is 6.44.